The van der Waals surface area contributed by atoms with Crippen LogP contribution in [0.1, 0.15) is 27.7 Å². The fourth-order valence-corrected chi connectivity index (χ4v) is 8.74. The molecule has 15 atom stereocenters. The molecule has 508 valence electrons. The molecule has 7 aliphatic heterocycles. The second kappa shape index (κ2) is 44.9. The van der Waals surface area contributed by atoms with Crippen LogP contribution in [0, 0.1) is 48.9 Å². The highest BCUT2D eigenvalue weighted by Crippen LogP contribution is 2.19. The van der Waals surface area contributed by atoms with Crippen molar-refractivity contribution in [3.05, 3.63) is 12.7 Å². The van der Waals surface area contributed by atoms with Gasteiger partial charge in [-0.1, -0.05) is 36.3 Å². The highest BCUT2D eigenvalue weighted by atomic mass is 32.2. The van der Waals surface area contributed by atoms with Gasteiger partial charge in [0.1, 0.15) is 66.1 Å². The molecule has 0 bridgehead atoms. The standard InChI is InChI=1S/C8H10O5S.2C7H8O5S.C6H8O5S.C6H6O5S.C5H5F3O5S.C5H7FO5S/c1-4-8(2,3)12-7(9)6-5-11-14(10)13-6;1-3-5(2)11-7(8)6-4-10-13(9)12-6;1-2-3-4-10-7(8)6-5-11-13(9)12-6;2*1-2-3-9-6(7)5-4-10-12(8)11-5;6-5(7,8)2-11-4(9)3-1-12-14(10)13-3;6-1-2-9-5(7)4-3-10-12(8)11-4/h1,6H,5H2,2-3H3;1,5-6H,4H2,2H3;6H,4-5H2,1H3;2,5H,1,3-4H2;1,5H,3-4H2;3H,1-2H2;4H,1-3H2. The van der Waals surface area contributed by atoms with Crippen molar-refractivity contribution in [3.8, 4) is 48.9 Å². The van der Waals surface area contributed by atoms with E-state index in [9.17, 15) is 80.6 Å². The smallest absolute Gasteiger partial charge is 0.422 e. The van der Waals surface area contributed by atoms with Crippen molar-refractivity contribution in [2.45, 2.75) is 88.3 Å². The third kappa shape index (κ3) is 36.5. The number of hydrogen-bond donors (Lipinski definition) is 0. The number of hydrogen-bond acceptors (Lipinski definition) is 35. The predicted molar refractivity (Wildman–Crippen MR) is 285 cm³/mol. The Labute approximate surface area is 526 Å². The zero-order valence-corrected chi connectivity index (χ0v) is 52.2. The van der Waals surface area contributed by atoms with Gasteiger partial charge in [-0.3, -0.25) is 58.6 Å². The number of carbonyl (C=O) groups is 7. The predicted octanol–water partition coefficient (Wildman–Crippen LogP) is -2.53. The van der Waals surface area contributed by atoms with Crippen molar-refractivity contribution in [2.24, 2.45) is 0 Å². The third-order valence-electron chi connectivity index (χ3n) is 8.45. The van der Waals surface area contributed by atoms with Crippen LogP contribution in [0.15, 0.2) is 12.7 Å². The minimum absolute atomic E-state index is 0.0157. The van der Waals surface area contributed by atoms with E-state index in [0.717, 1.165) is 0 Å². The van der Waals surface area contributed by atoms with E-state index in [1.165, 1.54) is 6.08 Å². The first-order valence-electron chi connectivity index (χ1n) is 23.7. The Hall–Kier alpha value is -5.52. The van der Waals surface area contributed by atoms with Crippen LogP contribution in [-0.2, 0) is 205 Å². The van der Waals surface area contributed by atoms with Gasteiger partial charge in [-0.05, 0) is 27.7 Å². The minimum atomic E-state index is -4.59. The zero-order chi connectivity index (χ0) is 68.0. The van der Waals surface area contributed by atoms with Crippen LogP contribution in [0.2, 0.25) is 0 Å². The maximum Gasteiger partial charge on any atom is 0.422 e. The van der Waals surface area contributed by atoms with Crippen LogP contribution in [-0.4, -0.2) is 218 Å². The first-order valence-corrected chi connectivity index (χ1v) is 30.7. The molecule has 7 aliphatic rings. The van der Waals surface area contributed by atoms with E-state index in [1.807, 2.05) is 0 Å². The van der Waals surface area contributed by atoms with E-state index >= 15 is 0 Å². The molecule has 35 nitrogen and oxygen atoms in total. The van der Waals surface area contributed by atoms with Crippen molar-refractivity contribution < 1.29 is 172 Å². The lowest BCUT2D eigenvalue weighted by molar-refractivity contribution is -0.190. The SMILES string of the molecule is C#CC(C)(C)OC(=O)C1COS(=O)O1.C#CC(C)OC(=O)C1COS(=O)O1.C#CCOC(=O)C1COS(=O)O1.C=CCOC(=O)C1COS(=O)O1.CC#CCOC(=O)C1COS(=O)O1.O=C(OCC(F)(F)F)C1COS(=O)O1.O=C(OCCF)C1COS(=O)O1. The molecule has 46 heteroatoms. The average molecular weight is 1440 g/mol. The summed E-state index contributed by atoms with van der Waals surface area (Å²) >= 11 is -13.1. The van der Waals surface area contributed by atoms with Crippen LogP contribution in [0.4, 0.5) is 17.6 Å². The van der Waals surface area contributed by atoms with Crippen LogP contribution < -0.4 is 0 Å². The number of terminal acetylenes is 3. The summed E-state index contributed by atoms with van der Waals surface area (Å²) in [6, 6.07) is 0. The van der Waals surface area contributed by atoms with Crippen molar-refractivity contribution >= 4 is 121 Å². The maximum atomic E-state index is 11.6. The molecular formula is C44H52F4O35S7. The van der Waals surface area contributed by atoms with Crippen LogP contribution in [0.5, 0.6) is 0 Å². The lowest BCUT2D eigenvalue weighted by Crippen LogP contribution is -2.34. The number of carbonyl (C=O) groups excluding carboxylic acids is 7. The van der Waals surface area contributed by atoms with Crippen molar-refractivity contribution in [1.29, 1.82) is 0 Å². The topological polar surface area (TPSA) is 433 Å². The molecule has 0 aliphatic carbocycles. The number of halogens is 4. The Kier molecular flexibility index (Phi) is 41.1. The molecule has 7 heterocycles. The molecule has 15 unspecified atom stereocenters. The maximum absolute atomic E-state index is 11.6. The van der Waals surface area contributed by atoms with Crippen LogP contribution >= 0.6 is 0 Å². The fourth-order valence-electron chi connectivity index (χ4n) is 4.45. The van der Waals surface area contributed by atoms with Gasteiger partial charge in [0, 0.05) is 0 Å². The van der Waals surface area contributed by atoms with Gasteiger partial charge in [0.15, 0.2) is 74.3 Å². The largest absolute Gasteiger partial charge is 0.461 e. The molecule has 7 fully saturated rings. The summed E-state index contributed by atoms with van der Waals surface area (Å²) < 4.78 is 214. The molecule has 0 aromatic rings. The molecule has 0 N–H and O–H groups in total. The molecule has 7 rings (SSSR count). The Balaban J connectivity index is 0.000000525. The number of alkyl halides is 4. The summed E-state index contributed by atoms with van der Waals surface area (Å²) in [5, 5.41) is 0. The highest BCUT2D eigenvalue weighted by Gasteiger charge is 2.38. The van der Waals surface area contributed by atoms with Gasteiger partial charge < -0.3 is 33.2 Å². The molecule has 0 radical (unpaired) electrons. The summed E-state index contributed by atoms with van der Waals surface area (Å²) in [5.74, 6) is 6.58. The Morgan fingerprint density at radius 3 is 1.14 bits per heavy atom. The first-order chi connectivity index (χ1) is 42.4. The van der Waals surface area contributed by atoms with E-state index in [-0.39, 0.29) is 72.7 Å². The molecule has 0 saturated carbocycles. The molecule has 7 saturated heterocycles. The summed E-state index contributed by atoms with van der Waals surface area (Å²) in [7, 11) is 0. The molecule has 90 heavy (non-hydrogen) atoms. The first kappa shape index (κ1) is 82.5. The van der Waals surface area contributed by atoms with E-state index in [4.69, 9.17) is 28.7 Å². The summed E-state index contributed by atoms with van der Waals surface area (Å²) in [5.41, 5.74) is -0.996. The van der Waals surface area contributed by atoms with E-state index < -0.39 is 195 Å². The molecule has 0 spiro atoms. The molecular weight excluding hydrogens is 1390 g/mol. The summed E-state index contributed by atoms with van der Waals surface area (Å²) in [6.07, 6.45) is 4.28. The average Bonchev–Trinajstić information content (AvgIpc) is 4.59. The lowest BCUT2D eigenvalue weighted by Gasteiger charge is -2.19. The van der Waals surface area contributed by atoms with E-state index in [2.05, 4.69) is 118 Å². The second-order valence-electron chi connectivity index (χ2n) is 15.7. The fraction of sp³-hybridized carbons (Fsp3) is 0.614. The van der Waals surface area contributed by atoms with Crippen LogP contribution in [0.3, 0.4) is 0 Å². The normalized spacial score (nSPS) is 27.8. The third-order valence-corrected chi connectivity index (χ3v) is 13.5. The quantitative estimate of drug-likeness (QED) is 0.0506. The van der Waals surface area contributed by atoms with E-state index in [0.29, 0.717) is 0 Å². The summed E-state index contributed by atoms with van der Waals surface area (Å²) in [4.78, 5) is 76.9. The zero-order valence-electron chi connectivity index (χ0n) is 46.5. The van der Waals surface area contributed by atoms with Gasteiger partial charge in [-0.25, -0.2) is 38.0 Å². The van der Waals surface area contributed by atoms with E-state index in [1.54, 1.807) is 27.7 Å². The minimum Gasteiger partial charge on any atom is -0.461 e. The number of ether oxygens (including phenoxy) is 7. The lowest BCUT2D eigenvalue weighted by atomic mass is 10.1. The molecule has 0 amide bonds. The van der Waals surface area contributed by atoms with Gasteiger partial charge >= 0.3 is 127 Å². The Morgan fingerprint density at radius 1 is 0.533 bits per heavy atom. The Morgan fingerprint density at radius 2 is 0.856 bits per heavy atom. The van der Waals surface area contributed by atoms with Gasteiger partial charge in [-0.2, -0.15) is 42.6 Å². The monoisotopic (exact) mass is 1440 g/mol. The van der Waals surface area contributed by atoms with Crippen molar-refractivity contribution in [1.82, 2.24) is 0 Å². The van der Waals surface area contributed by atoms with Crippen molar-refractivity contribution in [3.63, 3.8) is 0 Å². The number of rotatable bonds is 16. The van der Waals surface area contributed by atoms with Gasteiger partial charge in [0.2, 0.25) is 0 Å². The second-order valence-corrected chi connectivity index (χ2v) is 21.5. The molecule has 0 aromatic heterocycles. The summed E-state index contributed by atoms with van der Waals surface area (Å²) in [6.45, 7) is 6.19. The number of esters is 7. The van der Waals surface area contributed by atoms with Crippen LogP contribution in [0.25, 0.3) is 0 Å². The highest BCUT2D eigenvalue weighted by molar-refractivity contribution is 7.76. The van der Waals surface area contributed by atoms with Gasteiger partial charge in [0.05, 0.1) is 0 Å². The Bertz CT molecular complexity index is 2790. The van der Waals surface area contributed by atoms with Gasteiger partial charge in [-0.15, -0.1) is 25.2 Å². The van der Waals surface area contributed by atoms with Crippen molar-refractivity contribution in [2.75, 3.05) is 86.0 Å². The molecule has 0 aromatic carbocycles. The van der Waals surface area contributed by atoms with Gasteiger partial charge in [0.25, 0.3) is 0 Å².